The number of rotatable bonds is 5. The van der Waals surface area contributed by atoms with Crippen LogP contribution in [0.2, 0.25) is 0 Å². The number of hydrogen-bond acceptors (Lipinski definition) is 5. The first kappa shape index (κ1) is 22.4. The zero-order chi connectivity index (χ0) is 22.9. The van der Waals surface area contributed by atoms with Crippen molar-refractivity contribution in [2.75, 3.05) is 11.1 Å². The van der Waals surface area contributed by atoms with Gasteiger partial charge in [-0.25, -0.2) is 4.98 Å². The molecule has 2 aromatic heterocycles. The van der Waals surface area contributed by atoms with Crippen molar-refractivity contribution in [2.45, 2.75) is 31.3 Å². The highest BCUT2D eigenvalue weighted by molar-refractivity contribution is 9.10. The van der Waals surface area contributed by atoms with Crippen molar-refractivity contribution >= 4 is 60.8 Å². The summed E-state index contributed by atoms with van der Waals surface area (Å²) >= 11 is 6.31. The van der Waals surface area contributed by atoms with Gasteiger partial charge < -0.3 is 5.32 Å². The first-order valence-corrected chi connectivity index (χ1v) is 13.4. The molecule has 5 rings (SSSR count). The molecular weight excluding hydrogens is 518 g/mol. The smallest absolute Gasteiger partial charge is 0.267 e. The van der Waals surface area contributed by atoms with Crippen LogP contribution in [0.4, 0.5) is 5.69 Å². The van der Waals surface area contributed by atoms with E-state index in [4.69, 9.17) is 4.98 Å². The molecule has 1 N–H and O–H groups in total. The summed E-state index contributed by atoms with van der Waals surface area (Å²) in [6.45, 7) is 2.26. The zero-order valence-corrected chi connectivity index (χ0v) is 21.2. The largest absolute Gasteiger partial charge is 0.325 e. The monoisotopic (exact) mass is 539 g/mol. The predicted molar refractivity (Wildman–Crippen MR) is 140 cm³/mol. The molecule has 1 atom stereocenters. The van der Waals surface area contributed by atoms with E-state index in [1.54, 1.807) is 15.9 Å². The van der Waals surface area contributed by atoms with Crippen molar-refractivity contribution in [2.24, 2.45) is 5.92 Å². The Morgan fingerprint density at radius 2 is 1.97 bits per heavy atom. The maximum atomic E-state index is 13.7. The van der Waals surface area contributed by atoms with Crippen LogP contribution < -0.4 is 10.9 Å². The quantitative estimate of drug-likeness (QED) is 0.247. The normalized spacial score (nSPS) is 15.4. The fourth-order valence-corrected chi connectivity index (χ4v) is 6.63. The van der Waals surface area contributed by atoms with Crippen LogP contribution >= 0.6 is 39.0 Å². The minimum Gasteiger partial charge on any atom is -0.325 e. The Morgan fingerprint density at radius 1 is 1.21 bits per heavy atom. The number of para-hydroxylation sites is 1. The van der Waals surface area contributed by atoms with Gasteiger partial charge >= 0.3 is 0 Å². The lowest BCUT2D eigenvalue weighted by molar-refractivity contribution is -0.113. The molecule has 2 heterocycles. The third kappa shape index (κ3) is 4.65. The van der Waals surface area contributed by atoms with Gasteiger partial charge in [0.15, 0.2) is 5.16 Å². The molecule has 4 aromatic rings. The summed E-state index contributed by atoms with van der Waals surface area (Å²) in [5.41, 5.74) is 2.61. The summed E-state index contributed by atoms with van der Waals surface area (Å²) < 4.78 is 2.61. The molecule has 0 fully saturated rings. The van der Waals surface area contributed by atoms with E-state index >= 15 is 0 Å². The molecule has 0 bridgehead atoms. The van der Waals surface area contributed by atoms with E-state index in [1.807, 2.05) is 54.6 Å². The van der Waals surface area contributed by atoms with E-state index in [1.165, 1.54) is 22.2 Å². The van der Waals surface area contributed by atoms with Crippen LogP contribution in [0, 0.1) is 5.92 Å². The zero-order valence-electron chi connectivity index (χ0n) is 18.0. The van der Waals surface area contributed by atoms with Gasteiger partial charge in [0.1, 0.15) is 4.83 Å². The molecule has 0 spiro atoms. The molecule has 2 aromatic carbocycles. The molecule has 1 amide bonds. The van der Waals surface area contributed by atoms with Gasteiger partial charge in [-0.05, 0) is 67.1 Å². The number of nitrogens with zero attached hydrogens (tertiary/aromatic N) is 2. The lowest BCUT2D eigenvalue weighted by atomic mass is 9.89. The number of thiophene rings is 1. The number of anilines is 1. The number of thioether (sulfide) groups is 1. The van der Waals surface area contributed by atoms with Gasteiger partial charge in [-0.15, -0.1) is 11.3 Å². The van der Waals surface area contributed by atoms with Crippen LogP contribution in [0.5, 0.6) is 0 Å². The van der Waals surface area contributed by atoms with E-state index < -0.39 is 0 Å². The molecule has 0 saturated heterocycles. The second kappa shape index (κ2) is 9.44. The highest BCUT2D eigenvalue weighted by Gasteiger charge is 2.25. The van der Waals surface area contributed by atoms with Gasteiger partial charge in [-0.2, -0.15) is 0 Å². The molecule has 0 unspecified atom stereocenters. The van der Waals surface area contributed by atoms with Crippen molar-refractivity contribution < 1.29 is 4.79 Å². The number of nitrogens with one attached hydrogen (secondary N) is 1. The van der Waals surface area contributed by atoms with Crippen LogP contribution in [-0.4, -0.2) is 21.2 Å². The van der Waals surface area contributed by atoms with Gasteiger partial charge in [0.2, 0.25) is 5.91 Å². The van der Waals surface area contributed by atoms with Gasteiger partial charge in [0.25, 0.3) is 5.56 Å². The number of benzene rings is 2. The van der Waals surface area contributed by atoms with Crippen LogP contribution in [0.3, 0.4) is 0 Å². The highest BCUT2D eigenvalue weighted by Crippen LogP contribution is 2.37. The van der Waals surface area contributed by atoms with E-state index in [-0.39, 0.29) is 17.2 Å². The maximum absolute atomic E-state index is 13.7. The third-order valence-electron chi connectivity index (χ3n) is 5.77. The number of halogens is 1. The van der Waals surface area contributed by atoms with Crippen LogP contribution in [-0.2, 0) is 17.6 Å². The molecule has 168 valence electrons. The van der Waals surface area contributed by atoms with E-state index in [9.17, 15) is 9.59 Å². The minimum atomic E-state index is -0.143. The Morgan fingerprint density at radius 3 is 2.73 bits per heavy atom. The van der Waals surface area contributed by atoms with E-state index in [2.05, 4.69) is 28.2 Å². The second-order valence-electron chi connectivity index (χ2n) is 8.25. The minimum absolute atomic E-state index is 0.0472. The highest BCUT2D eigenvalue weighted by atomic mass is 79.9. The molecule has 33 heavy (non-hydrogen) atoms. The Bertz CT molecular complexity index is 1380. The molecule has 8 heteroatoms. The van der Waals surface area contributed by atoms with E-state index in [0.717, 1.165) is 45.3 Å². The fraction of sp³-hybridized carbons (Fsp3) is 0.240. The standard InChI is InChI=1S/C25H22BrN3O2S2/c1-15-7-12-19-20(13-15)33-23-22(19)24(31)29(18-5-3-2-4-6-18)25(28-23)32-14-21(30)27-17-10-8-16(26)9-11-17/h2-6,8-11,15H,7,12-14H2,1H3,(H,27,30)/t15-/m1/s1. The average molecular weight is 541 g/mol. The summed E-state index contributed by atoms with van der Waals surface area (Å²) in [5, 5.41) is 4.18. The first-order chi connectivity index (χ1) is 16.0. The summed E-state index contributed by atoms with van der Waals surface area (Å²) in [6.07, 6.45) is 3.01. The summed E-state index contributed by atoms with van der Waals surface area (Å²) in [5.74, 6) is 0.636. The van der Waals surface area contributed by atoms with Gasteiger partial charge in [0, 0.05) is 15.0 Å². The van der Waals surface area contributed by atoms with Crippen LogP contribution in [0.15, 0.2) is 69.0 Å². The molecule has 1 aliphatic carbocycles. The van der Waals surface area contributed by atoms with Crippen molar-refractivity contribution in [3.8, 4) is 5.69 Å². The fourth-order valence-electron chi connectivity index (χ4n) is 4.13. The number of amides is 1. The number of aryl methyl sites for hydroxylation is 1. The van der Waals surface area contributed by atoms with Crippen LogP contribution in [0.25, 0.3) is 15.9 Å². The van der Waals surface area contributed by atoms with Crippen LogP contribution in [0.1, 0.15) is 23.8 Å². The molecule has 0 aliphatic heterocycles. The van der Waals surface area contributed by atoms with Gasteiger partial charge in [0.05, 0.1) is 16.8 Å². The average Bonchev–Trinajstić information content (AvgIpc) is 3.17. The number of fused-ring (bicyclic) bond motifs is 3. The number of carbonyl (C=O) groups is 1. The number of hydrogen-bond donors (Lipinski definition) is 1. The van der Waals surface area contributed by atoms with Crippen molar-refractivity contribution in [1.29, 1.82) is 0 Å². The SMILES string of the molecule is C[C@@H]1CCc2c(sc3nc(SCC(=O)Nc4ccc(Br)cc4)n(-c4ccccc4)c(=O)c23)C1. The molecule has 5 nitrogen and oxygen atoms in total. The topological polar surface area (TPSA) is 64.0 Å². The predicted octanol–water partition coefficient (Wildman–Crippen LogP) is 6.07. The Kier molecular flexibility index (Phi) is 6.40. The molecule has 0 radical (unpaired) electrons. The first-order valence-electron chi connectivity index (χ1n) is 10.8. The Labute approximate surface area is 208 Å². The summed E-state index contributed by atoms with van der Waals surface area (Å²) in [7, 11) is 0. The number of carbonyl (C=O) groups excluding carboxylic acids is 1. The van der Waals surface area contributed by atoms with Gasteiger partial charge in [-0.1, -0.05) is 52.8 Å². The lowest BCUT2D eigenvalue weighted by Crippen LogP contribution is -2.23. The lowest BCUT2D eigenvalue weighted by Gasteiger charge is -2.17. The maximum Gasteiger partial charge on any atom is 0.267 e. The van der Waals surface area contributed by atoms with Crippen molar-refractivity contribution in [3.05, 3.63) is 79.9 Å². The molecule has 1 aliphatic rings. The summed E-state index contributed by atoms with van der Waals surface area (Å²) in [6, 6.07) is 17.0. The molecular formula is C25H22BrN3O2S2. The van der Waals surface area contributed by atoms with E-state index in [0.29, 0.717) is 11.1 Å². The summed E-state index contributed by atoms with van der Waals surface area (Å²) in [4.78, 5) is 33.3. The Balaban J connectivity index is 1.51. The van der Waals surface area contributed by atoms with Gasteiger partial charge in [-0.3, -0.25) is 14.2 Å². The second-order valence-corrected chi connectivity index (χ2v) is 11.2. The van der Waals surface area contributed by atoms with Crippen molar-refractivity contribution in [1.82, 2.24) is 9.55 Å². The third-order valence-corrected chi connectivity index (χ3v) is 8.39. The van der Waals surface area contributed by atoms with Crippen molar-refractivity contribution in [3.63, 3.8) is 0 Å². The molecule has 0 saturated carbocycles. The number of aromatic nitrogens is 2. The Hall–Kier alpha value is -2.42.